The zero-order chi connectivity index (χ0) is 60.1. The van der Waals surface area contributed by atoms with Gasteiger partial charge in [0.2, 0.25) is 5.91 Å². The van der Waals surface area contributed by atoms with Crippen LogP contribution in [0.2, 0.25) is 0 Å². The number of epoxide rings is 1. The summed E-state index contributed by atoms with van der Waals surface area (Å²) in [6.45, 7) is 55.6. The number of unbranched alkanes of at least 4 members (excludes halogenated alkanes) is 9. The van der Waals surface area contributed by atoms with Crippen LogP contribution in [0.3, 0.4) is 0 Å². The fourth-order valence-electron chi connectivity index (χ4n) is 15.6. The molecule has 1 aliphatic carbocycles. The van der Waals surface area contributed by atoms with Crippen molar-refractivity contribution in [2.45, 2.75) is 351 Å². The van der Waals surface area contributed by atoms with Crippen LogP contribution in [0.1, 0.15) is 333 Å². The van der Waals surface area contributed by atoms with Gasteiger partial charge in [-0.1, -0.05) is 216 Å². The number of likely N-dealkylation sites (tertiary alicyclic amines) is 1. The van der Waals surface area contributed by atoms with Crippen molar-refractivity contribution in [1.29, 1.82) is 0 Å². The average Bonchev–Trinajstić information content (AvgIpc) is 4.12. The molecule has 0 radical (unpaired) electrons. The molecule has 1 amide bonds. The Labute approximate surface area is 491 Å². The molecule has 0 N–H and O–H groups in total. The van der Waals surface area contributed by atoms with Gasteiger partial charge in [0.25, 0.3) is 0 Å². The summed E-state index contributed by atoms with van der Waals surface area (Å²) in [5.74, 6) is 1.75. The SMILES string of the molecule is CCCCCCCCCCCCOC(=O)C(C)(CC(C)(C)CC(C)(C)CC(C)(C(=O)OCC(C)C)C(C)(C)CCC(C)(C)CC(C1CCC2OC2C1)C(C)(C)C)C(C)(C)CCCC(C)(C)C(CC(C)(C)C)N1CCCCCC1=O. The van der Waals surface area contributed by atoms with E-state index in [1.54, 1.807) is 0 Å². The van der Waals surface area contributed by atoms with Crippen molar-refractivity contribution < 1.29 is 28.6 Å². The topological polar surface area (TPSA) is 85.4 Å². The summed E-state index contributed by atoms with van der Waals surface area (Å²) in [5, 5.41) is 0. The minimum atomic E-state index is -0.763. The molecule has 3 rings (SSSR count). The molecule has 7 nitrogen and oxygen atoms in total. The maximum absolute atomic E-state index is 15.1. The van der Waals surface area contributed by atoms with Crippen LogP contribution in [0.5, 0.6) is 0 Å². The summed E-state index contributed by atoms with van der Waals surface area (Å²) in [5.41, 5.74) is -2.44. The van der Waals surface area contributed by atoms with Gasteiger partial charge in [-0.25, -0.2) is 0 Å². The molecule has 0 aromatic heterocycles. The van der Waals surface area contributed by atoms with Crippen molar-refractivity contribution in [3.8, 4) is 0 Å². The normalized spacial score (nSPS) is 21.7. The van der Waals surface area contributed by atoms with Crippen LogP contribution >= 0.6 is 0 Å². The maximum Gasteiger partial charge on any atom is 0.312 e. The van der Waals surface area contributed by atoms with Crippen LogP contribution in [0.4, 0.5) is 0 Å². The Bertz CT molecular complexity index is 1840. The predicted octanol–water partition coefficient (Wildman–Crippen LogP) is 20.8. The number of amides is 1. The van der Waals surface area contributed by atoms with Crippen molar-refractivity contribution in [1.82, 2.24) is 4.90 Å². The first-order chi connectivity index (χ1) is 36.1. The van der Waals surface area contributed by atoms with Crippen molar-refractivity contribution in [2.75, 3.05) is 19.8 Å². The minimum Gasteiger partial charge on any atom is -0.465 e. The van der Waals surface area contributed by atoms with E-state index in [0.717, 1.165) is 83.6 Å². The van der Waals surface area contributed by atoms with E-state index in [9.17, 15) is 9.59 Å². The molecule has 464 valence electrons. The Hall–Kier alpha value is -1.63. The Morgan fingerprint density at radius 3 is 1.62 bits per heavy atom. The van der Waals surface area contributed by atoms with Crippen LogP contribution in [0.25, 0.3) is 0 Å². The molecule has 3 fully saturated rings. The fourth-order valence-corrected chi connectivity index (χ4v) is 15.6. The summed E-state index contributed by atoms with van der Waals surface area (Å²) >= 11 is 0. The van der Waals surface area contributed by atoms with Crippen molar-refractivity contribution in [3.05, 3.63) is 0 Å². The average molecular weight is 1110 g/mol. The van der Waals surface area contributed by atoms with Crippen LogP contribution in [0.15, 0.2) is 0 Å². The second-order valence-corrected chi connectivity index (χ2v) is 34.7. The third-order valence-electron chi connectivity index (χ3n) is 21.0. The third-order valence-corrected chi connectivity index (χ3v) is 21.0. The number of ether oxygens (including phenoxy) is 3. The van der Waals surface area contributed by atoms with E-state index in [1.165, 1.54) is 77.0 Å². The van der Waals surface area contributed by atoms with E-state index in [0.29, 0.717) is 62.4 Å². The quantitative estimate of drug-likeness (QED) is 0.0353. The molecule has 2 heterocycles. The molecule has 7 heteroatoms. The number of nitrogens with zero attached hydrogens (tertiary/aromatic N) is 1. The van der Waals surface area contributed by atoms with Crippen molar-refractivity contribution in [3.63, 3.8) is 0 Å². The number of hydrogen-bond donors (Lipinski definition) is 0. The molecule has 7 unspecified atom stereocenters. The zero-order valence-electron chi connectivity index (χ0n) is 57.1. The van der Waals surface area contributed by atoms with Gasteiger partial charge in [0, 0.05) is 19.0 Å². The minimum absolute atomic E-state index is 0.0626. The van der Waals surface area contributed by atoms with E-state index in [2.05, 4.69) is 164 Å². The Balaban J connectivity index is 1.91. The van der Waals surface area contributed by atoms with Gasteiger partial charge in [0.1, 0.15) is 0 Å². The van der Waals surface area contributed by atoms with E-state index < -0.39 is 10.8 Å². The fraction of sp³-hybridized carbons (Fsp3) is 0.958. The van der Waals surface area contributed by atoms with E-state index in [4.69, 9.17) is 14.2 Å². The smallest absolute Gasteiger partial charge is 0.312 e. The molecule has 79 heavy (non-hydrogen) atoms. The molecule has 3 aliphatic rings. The van der Waals surface area contributed by atoms with Gasteiger partial charge >= 0.3 is 11.9 Å². The van der Waals surface area contributed by atoms with Crippen molar-refractivity contribution >= 4 is 17.8 Å². The molecule has 0 aromatic carbocycles. The summed E-state index contributed by atoms with van der Waals surface area (Å²) in [6.07, 6.45) is 30.1. The molecular weight excluding hydrogens is 975 g/mol. The number of fused-ring (bicyclic) bond motifs is 1. The summed E-state index contributed by atoms with van der Waals surface area (Å²) in [7, 11) is 0. The van der Waals surface area contributed by atoms with Crippen LogP contribution in [-0.2, 0) is 28.6 Å². The number of esters is 2. The number of carbonyl (C=O) groups is 3. The van der Waals surface area contributed by atoms with Gasteiger partial charge in [-0.3, -0.25) is 14.4 Å². The maximum atomic E-state index is 15.1. The largest absolute Gasteiger partial charge is 0.465 e. The second-order valence-electron chi connectivity index (χ2n) is 34.7. The lowest BCUT2D eigenvalue weighted by molar-refractivity contribution is -0.169. The molecular formula is C72H135NO6. The predicted molar refractivity (Wildman–Crippen MR) is 336 cm³/mol. The van der Waals surface area contributed by atoms with Gasteiger partial charge in [-0.2, -0.15) is 0 Å². The van der Waals surface area contributed by atoms with Crippen LogP contribution < -0.4 is 0 Å². The Morgan fingerprint density at radius 1 is 0.570 bits per heavy atom. The van der Waals surface area contributed by atoms with Gasteiger partial charge < -0.3 is 19.1 Å². The first kappa shape index (κ1) is 71.6. The van der Waals surface area contributed by atoms with Gasteiger partial charge in [0.05, 0.1) is 36.3 Å². The lowest BCUT2D eigenvalue weighted by Crippen LogP contribution is -2.50. The first-order valence-electron chi connectivity index (χ1n) is 33.4. The highest BCUT2D eigenvalue weighted by Gasteiger charge is 2.55. The van der Waals surface area contributed by atoms with Gasteiger partial charge in [0.15, 0.2) is 0 Å². The molecule has 0 aromatic rings. The molecule has 0 bridgehead atoms. The highest BCUT2D eigenvalue weighted by molar-refractivity contribution is 5.78. The highest BCUT2D eigenvalue weighted by atomic mass is 16.6. The van der Waals surface area contributed by atoms with E-state index in [1.807, 2.05) is 0 Å². The molecule has 1 saturated carbocycles. The molecule has 0 spiro atoms. The van der Waals surface area contributed by atoms with Crippen molar-refractivity contribution in [2.24, 2.45) is 71.9 Å². The summed E-state index contributed by atoms with van der Waals surface area (Å²) in [4.78, 5) is 46.0. The first-order valence-corrected chi connectivity index (χ1v) is 33.4. The third kappa shape index (κ3) is 22.7. The van der Waals surface area contributed by atoms with Crippen LogP contribution in [0, 0.1) is 71.9 Å². The standard InChI is InChI=1S/C72H135NO6/c1-24-25-26-27-28-29-30-31-32-36-46-77-61(75)71(22,69(18,19)42-37-41-68(16,17)59(49-63(4,5)6)73-45-35-33-34-38-60(73)74)52-66(12,13)51-67(14,15)53-72(23,62(76)78-50-54(2)3)70(20,21)44-43-65(10,11)48-56(64(7,8)9)55-39-40-57-58(47-55)79-57/h54-59H,24-53H2,1-23H3. The number of rotatable bonds is 36. The lowest BCUT2D eigenvalue weighted by Gasteiger charge is -2.51. The molecule has 2 saturated heterocycles. The van der Waals surface area contributed by atoms with E-state index in [-0.39, 0.29) is 67.2 Å². The molecule has 2 aliphatic heterocycles. The summed E-state index contributed by atoms with van der Waals surface area (Å²) in [6, 6.07) is 0.165. The second kappa shape index (κ2) is 29.5. The lowest BCUT2D eigenvalue weighted by atomic mass is 9.53. The van der Waals surface area contributed by atoms with Gasteiger partial charge in [-0.05, 0) is 171 Å². The number of hydrogen-bond acceptors (Lipinski definition) is 6. The Kier molecular flexibility index (Phi) is 26.7. The summed E-state index contributed by atoms with van der Waals surface area (Å²) < 4.78 is 18.8. The monoisotopic (exact) mass is 1110 g/mol. The number of carbonyl (C=O) groups excluding carboxylic acids is 3. The zero-order valence-corrected chi connectivity index (χ0v) is 57.1. The van der Waals surface area contributed by atoms with Crippen LogP contribution in [-0.4, -0.2) is 60.8 Å². The molecule has 7 atom stereocenters. The Morgan fingerprint density at radius 2 is 1.10 bits per heavy atom. The van der Waals surface area contributed by atoms with Gasteiger partial charge in [-0.15, -0.1) is 0 Å². The van der Waals surface area contributed by atoms with E-state index >= 15 is 4.79 Å². The highest BCUT2D eigenvalue weighted by Crippen LogP contribution is 2.58.